The maximum Gasteiger partial charge on any atom is 0.358 e. The molecule has 0 N–H and O–H groups in total. The van der Waals surface area contributed by atoms with Crippen molar-refractivity contribution in [1.82, 2.24) is 20.2 Å². The van der Waals surface area contributed by atoms with Crippen molar-refractivity contribution in [1.29, 1.82) is 0 Å². The zero-order valence-electron chi connectivity index (χ0n) is 10.8. The predicted molar refractivity (Wildman–Crippen MR) is 68.2 cm³/mol. The van der Waals surface area contributed by atoms with Gasteiger partial charge in [-0.2, -0.15) is 0 Å². The first-order valence-corrected chi connectivity index (χ1v) is 5.83. The van der Waals surface area contributed by atoms with Crippen molar-refractivity contribution in [3.63, 3.8) is 0 Å². The third kappa shape index (κ3) is 1.81. The number of hydrogen-bond acceptors (Lipinski definition) is 7. The van der Waals surface area contributed by atoms with Gasteiger partial charge in [-0.25, -0.2) is 14.5 Å². The Bertz CT molecular complexity index is 669. The van der Waals surface area contributed by atoms with Gasteiger partial charge in [0.1, 0.15) is 12.1 Å². The number of ether oxygens (including phenoxy) is 2. The number of allylic oxidation sites excluding steroid dienone is 4. The van der Waals surface area contributed by atoms with E-state index in [1.807, 2.05) is 12.2 Å². The second-order valence-corrected chi connectivity index (χ2v) is 4.10. The van der Waals surface area contributed by atoms with Crippen molar-refractivity contribution in [3.05, 3.63) is 36.0 Å². The molecule has 0 unspecified atom stereocenters. The molecule has 2 heterocycles. The highest BCUT2D eigenvalue weighted by atomic mass is 16.5. The minimum absolute atomic E-state index is 0.193. The molecule has 0 saturated carbocycles. The molecule has 1 aromatic heterocycles. The van der Waals surface area contributed by atoms with E-state index >= 15 is 0 Å². The number of hydrogen-bond donors (Lipinski definition) is 0. The van der Waals surface area contributed by atoms with Crippen molar-refractivity contribution >= 4 is 17.4 Å². The van der Waals surface area contributed by atoms with Gasteiger partial charge < -0.3 is 9.47 Å². The molecule has 8 nitrogen and oxygen atoms in total. The zero-order chi connectivity index (χ0) is 14.1. The van der Waals surface area contributed by atoms with Gasteiger partial charge in [0.05, 0.1) is 31.5 Å². The van der Waals surface area contributed by atoms with Crippen molar-refractivity contribution in [3.8, 4) is 0 Å². The van der Waals surface area contributed by atoms with Gasteiger partial charge in [-0.15, -0.1) is 5.10 Å². The van der Waals surface area contributed by atoms with Crippen LogP contribution in [0.1, 0.15) is 0 Å². The lowest BCUT2D eigenvalue weighted by Gasteiger charge is -2.15. The Balaban J connectivity index is 2.09. The highest BCUT2D eigenvalue weighted by Gasteiger charge is 2.34. The molecule has 0 bridgehead atoms. The predicted octanol–water partition coefficient (Wildman–Crippen LogP) is 0.186. The molecule has 20 heavy (non-hydrogen) atoms. The SMILES string of the molecule is COC(=O)C1=C(n2cnnn2)[C@@H]2C=CC(OC)=CC2=N1. The summed E-state index contributed by atoms with van der Waals surface area (Å²) in [7, 11) is 2.88. The summed E-state index contributed by atoms with van der Waals surface area (Å²) in [6.45, 7) is 0. The summed E-state index contributed by atoms with van der Waals surface area (Å²) in [5, 5.41) is 11.0. The Morgan fingerprint density at radius 1 is 1.40 bits per heavy atom. The fraction of sp³-hybridized carbons (Fsp3) is 0.250. The Hall–Kier alpha value is -2.77. The van der Waals surface area contributed by atoms with Crippen LogP contribution in [-0.2, 0) is 14.3 Å². The van der Waals surface area contributed by atoms with Gasteiger partial charge in [-0.05, 0) is 16.5 Å². The summed E-state index contributed by atoms with van der Waals surface area (Å²) in [5.41, 5.74) is 1.45. The van der Waals surface area contributed by atoms with Crippen LogP contribution in [0.4, 0.5) is 0 Å². The molecule has 0 spiro atoms. The second kappa shape index (κ2) is 4.72. The third-order valence-electron chi connectivity index (χ3n) is 3.05. The van der Waals surface area contributed by atoms with Crippen LogP contribution < -0.4 is 0 Å². The normalized spacial score (nSPS) is 20.4. The van der Waals surface area contributed by atoms with Gasteiger partial charge in [-0.1, -0.05) is 6.08 Å². The number of esters is 1. The summed E-state index contributed by atoms with van der Waals surface area (Å²) >= 11 is 0. The van der Waals surface area contributed by atoms with Gasteiger partial charge >= 0.3 is 5.97 Å². The Morgan fingerprint density at radius 2 is 2.25 bits per heavy atom. The molecule has 0 fully saturated rings. The number of carbonyl (C=O) groups is 1. The standard InChI is InChI=1S/C12H11N5O3/c1-19-7-3-4-8-9(5-7)14-10(12(18)20-2)11(8)17-6-13-15-16-17/h3-6,8H,1-2H3/t8-/m1/s1. The van der Waals surface area contributed by atoms with Crippen molar-refractivity contribution in [2.75, 3.05) is 14.2 Å². The van der Waals surface area contributed by atoms with E-state index < -0.39 is 5.97 Å². The molecular weight excluding hydrogens is 262 g/mol. The fourth-order valence-electron chi connectivity index (χ4n) is 2.14. The largest absolute Gasteiger partial charge is 0.497 e. The Kier molecular flexibility index (Phi) is 2.90. The summed E-state index contributed by atoms with van der Waals surface area (Å²) in [6.07, 6.45) is 6.88. The first kappa shape index (κ1) is 12.3. The number of tetrazole rings is 1. The molecule has 102 valence electrons. The molecule has 0 aromatic carbocycles. The number of rotatable bonds is 3. The number of aromatic nitrogens is 4. The van der Waals surface area contributed by atoms with Crippen LogP contribution in [0.2, 0.25) is 0 Å². The molecule has 0 radical (unpaired) electrons. The average Bonchev–Trinajstić information content (AvgIpc) is 3.11. The first-order chi connectivity index (χ1) is 9.74. The molecule has 3 rings (SSSR count). The zero-order valence-corrected chi connectivity index (χ0v) is 10.8. The number of aliphatic imine (C=N–C) groups is 1. The number of fused-ring (bicyclic) bond motifs is 1. The molecule has 0 saturated heterocycles. The summed E-state index contributed by atoms with van der Waals surface area (Å²) in [5.74, 6) is -0.0631. The maximum atomic E-state index is 11.9. The molecule has 1 aromatic rings. The van der Waals surface area contributed by atoms with Gasteiger partial charge in [0.2, 0.25) is 0 Å². The van der Waals surface area contributed by atoms with Crippen LogP contribution in [0.3, 0.4) is 0 Å². The summed E-state index contributed by atoms with van der Waals surface area (Å²) < 4.78 is 11.3. The maximum absolute atomic E-state index is 11.9. The lowest BCUT2D eigenvalue weighted by molar-refractivity contribution is -0.136. The minimum Gasteiger partial charge on any atom is -0.497 e. The van der Waals surface area contributed by atoms with E-state index in [1.165, 1.54) is 18.1 Å². The van der Waals surface area contributed by atoms with Crippen LogP contribution in [0, 0.1) is 5.92 Å². The van der Waals surface area contributed by atoms with E-state index in [0.717, 1.165) is 0 Å². The topological polar surface area (TPSA) is 91.5 Å². The monoisotopic (exact) mass is 273 g/mol. The lowest BCUT2D eigenvalue weighted by atomic mass is 9.95. The van der Waals surface area contributed by atoms with Crippen LogP contribution in [-0.4, -0.2) is 46.1 Å². The third-order valence-corrected chi connectivity index (χ3v) is 3.05. The fourth-order valence-corrected chi connectivity index (χ4v) is 2.14. The second-order valence-electron chi connectivity index (χ2n) is 4.10. The van der Waals surface area contributed by atoms with Gasteiger partial charge in [0.25, 0.3) is 0 Å². The molecule has 1 aliphatic heterocycles. The van der Waals surface area contributed by atoms with Crippen molar-refractivity contribution < 1.29 is 14.3 Å². The van der Waals surface area contributed by atoms with Crippen LogP contribution in [0.15, 0.2) is 41.0 Å². The van der Waals surface area contributed by atoms with Crippen molar-refractivity contribution in [2.24, 2.45) is 10.9 Å². The summed E-state index contributed by atoms with van der Waals surface area (Å²) in [4.78, 5) is 16.2. The van der Waals surface area contributed by atoms with E-state index in [-0.39, 0.29) is 11.6 Å². The van der Waals surface area contributed by atoms with Gasteiger partial charge in [-0.3, -0.25) is 0 Å². The van der Waals surface area contributed by atoms with E-state index in [0.29, 0.717) is 17.2 Å². The number of nitrogens with zero attached hydrogens (tertiary/aromatic N) is 5. The minimum atomic E-state index is -0.529. The van der Waals surface area contributed by atoms with Gasteiger partial charge in [0.15, 0.2) is 5.70 Å². The van der Waals surface area contributed by atoms with E-state index in [2.05, 4.69) is 20.5 Å². The molecule has 1 aliphatic carbocycles. The van der Waals surface area contributed by atoms with E-state index in [9.17, 15) is 4.79 Å². The first-order valence-electron chi connectivity index (χ1n) is 5.83. The van der Waals surface area contributed by atoms with Gasteiger partial charge in [0, 0.05) is 6.08 Å². The van der Waals surface area contributed by atoms with E-state index in [1.54, 1.807) is 13.2 Å². The molecule has 8 heteroatoms. The Labute approximate surface area is 114 Å². The highest BCUT2D eigenvalue weighted by molar-refractivity contribution is 6.14. The Morgan fingerprint density at radius 3 is 2.90 bits per heavy atom. The van der Waals surface area contributed by atoms with Crippen LogP contribution in [0.5, 0.6) is 0 Å². The number of methoxy groups -OCH3 is 2. The average molecular weight is 273 g/mol. The van der Waals surface area contributed by atoms with Crippen molar-refractivity contribution in [2.45, 2.75) is 0 Å². The summed E-state index contributed by atoms with van der Waals surface area (Å²) in [6, 6.07) is 0. The molecule has 2 aliphatic rings. The molecule has 0 amide bonds. The highest BCUT2D eigenvalue weighted by Crippen LogP contribution is 2.34. The quantitative estimate of drug-likeness (QED) is 0.730. The molecular formula is C12H11N5O3. The van der Waals surface area contributed by atoms with Crippen LogP contribution in [0.25, 0.3) is 5.70 Å². The molecule has 1 atom stereocenters. The smallest absolute Gasteiger partial charge is 0.358 e. The van der Waals surface area contributed by atoms with E-state index in [4.69, 9.17) is 9.47 Å². The lowest BCUT2D eigenvalue weighted by Crippen LogP contribution is -2.17. The number of carbonyl (C=O) groups excluding carboxylic acids is 1. The van der Waals surface area contributed by atoms with Crippen LogP contribution >= 0.6 is 0 Å².